The lowest BCUT2D eigenvalue weighted by Crippen LogP contribution is -2.36. The molecule has 2 heterocycles. The smallest absolute Gasteiger partial charge is 0.0943 e. The molecule has 0 radical (unpaired) electrons. The minimum Gasteiger partial charge on any atom is -0.330 e. The summed E-state index contributed by atoms with van der Waals surface area (Å²) in [4.78, 5) is 7.28. The van der Waals surface area contributed by atoms with Gasteiger partial charge in [0.1, 0.15) is 0 Å². The monoisotopic (exact) mass is 253 g/mol. The van der Waals surface area contributed by atoms with E-state index in [-0.39, 0.29) is 0 Å². The Kier molecular flexibility index (Phi) is 4.54. The summed E-state index contributed by atoms with van der Waals surface area (Å²) in [6.45, 7) is 6.54. The molecule has 0 bridgehead atoms. The summed E-state index contributed by atoms with van der Waals surface area (Å²) in [5, 5.41) is 3.45. The highest BCUT2D eigenvalue weighted by Gasteiger charge is 2.27. The third-order valence-electron chi connectivity index (χ3n) is 3.50. The van der Waals surface area contributed by atoms with E-state index in [4.69, 9.17) is 5.73 Å². The SMILES string of the molecule is CC(C)N1CCCC1Cc1nc(CCN)cs1. The van der Waals surface area contributed by atoms with Gasteiger partial charge in [0.15, 0.2) is 0 Å². The molecule has 1 fully saturated rings. The largest absolute Gasteiger partial charge is 0.330 e. The first-order valence-corrected chi connectivity index (χ1v) is 7.47. The van der Waals surface area contributed by atoms with Crippen molar-refractivity contribution in [1.29, 1.82) is 0 Å². The Balaban J connectivity index is 1.95. The van der Waals surface area contributed by atoms with Crippen molar-refractivity contribution in [3.8, 4) is 0 Å². The Morgan fingerprint density at radius 2 is 2.41 bits per heavy atom. The van der Waals surface area contributed by atoms with Crippen LogP contribution in [0.1, 0.15) is 37.4 Å². The molecule has 1 aromatic heterocycles. The number of hydrogen-bond donors (Lipinski definition) is 1. The lowest BCUT2D eigenvalue weighted by molar-refractivity contribution is 0.202. The van der Waals surface area contributed by atoms with Crippen LogP contribution in [0.3, 0.4) is 0 Å². The normalized spacial score (nSPS) is 21.5. The first-order chi connectivity index (χ1) is 8.20. The molecule has 0 aliphatic carbocycles. The summed E-state index contributed by atoms with van der Waals surface area (Å²) < 4.78 is 0. The van der Waals surface area contributed by atoms with Crippen LogP contribution in [0.2, 0.25) is 0 Å². The Morgan fingerprint density at radius 1 is 1.59 bits per heavy atom. The fraction of sp³-hybridized carbons (Fsp3) is 0.769. The van der Waals surface area contributed by atoms with Crippen molar-refractivity contribution in [2.75, 3.05) is 13.1 Å². The molecule has 3 nitrogen and oxygen atoms in total. The van der Waals surface area contributed by atoms with Gasteiger partial charge in [-0.3, -0.25) is 4.90 Å². The second-order valence-electron chi connectivity index (χ2n) is 5.10. The van der Waals surface area contributed by atoms with Gasteiger partial charge in [0.05, 0.1) is 10.7 Å². The molecule has 2 N–H and O–H groups in total. The van der Waals surface area contributed by atoms with E-state index in [1.54, 1.807) is 11.3 Å². The number of nitrogens with zero attached hydrogens (tertiary/aromatic N) is 2. The van der Waals surface area contributed by atoms with Gasteiger partial charge in [-0.15, -0.1) is 11.3 Å². The van der Waals surface area contributed by atoms with E-state index in [1.165, 1.54) is 30.1 Å². The molecule has 1 unspecified atom stereocenters. The molecular formula is C13H23N3S. The number of likely N-dealkylation sites (tertiary alicyclic amines) is 1. The molecule has 1 aromatic rings. The van der Waals surface area contributed by atoms with E-state index >= 15 is 0 Å². The third kappa shape index (κ3) is 3.27. The molecule has 0 aromatic carbocycles. The van der Waals surface area contributed by atoms with Crippen molar-refractivity contribution < 1.29 is 0 Å². The van der Waals surface area contributed by atoms with Gasteiger partial charge in [-0.05, 0) is 39.8 Å². The predicted octanol–water partition coefficient (Wildman–Crippen LogP) is 2.06. The molecule has 2 rings (SSSR count). The zero-order chi connectivity index (χ0) is 12.3. The Morgan fingerprint density at radius 3 is 3.12 bits per heavy atom. The molecule has 96 valence electrons. The lowest BCUT2D eigenvalue weighted by atomic mass is 10.1. The van der Waals surface area contributed by atoms with Crippen LogP contribution >= 0.6 is 11.3 Å². The van der Waals surface area contributed by atoms with E-state index in [2.05, 4.69) is 29.1 Å². The fourth-order valence-electron chi connectivity index (χ4n) is 2.66. The molecule has 0 saturated carbocycles. The fourth-order valence-corrected chi connectivity index (χ4v) is 3.57. The molecule has 0 spiro atoms. The van der Waals surface area contributed by atoms with Crippen molar-refractivity contribution in [2.24, 2.45) is 5.73 Å². The van der Waals surface area contributed by atoms with Crippen LogP contribution in [0.5, 0.6) is 0 Å². The first kappa shape index (κ1) is 13.0. The van der Waals surface area contributed by atoms with Gasteiger partial charge < -0.3 is 5.73 Å². The van der Waals surface area contributed by atoms with Gasteiger partial charge in [-0.25, -0.2) is 4.98 Å². The van der Waals surface area contributed by atoms with E-state index in [9.17, 15) is 0 Å². The van der Waals surface area contributed by atoms with E-state index < -0.39 is 0 Å². The van der Waals surface area contributed by atoms with Crippen molar-refractivity contribution >= 4 is 11.3 Å². The standard InChI is InChI=1S/C13H23N3S/c1-10(2)16-7-3-4-12(16)8-13-15-11(5-6-14)9-17-13/h9-10,12H,3-8,14H2,1-2H3. The average molecular weight is 253 g/mol. The van der Waals surface area contributed by atoms with Gasteiger partial charge >= 0.3 is 0 Å². The van der Waals surface area contributed by atoms with E-state index in [0.29, 0.717) is 18.6 Å². The maximum absolute atomic E-state index is 5.55. The summed E-state index contributed by atoms with van der Waals surface area (Å²) in [7, 11) is 0. The topological polar surface area (TPSA) is 42.2 Å². The van der Waals surface area contributed by atoms with Gasteiger partial charge in [0, 0.05) is 30.3 Å². The highest BCUT2D eigenvalue weighted by molar-refractivity contribution is 7.09. The maximum atomic E-state index is 5.55. The van der Waals surface area contributed by atoms with Crippen LogP contribution in [0.4, 0.5) is 0 Å². The molecule has 4 heteroatoms. The summed E-state index contributed by atoms with van der Waals surface area (Å²) >= 11 is 1.80. The number of hydrogen-bond acceptors (Lipinski definition) is 4. The number of thiazole rings is 1. The van der Waals surface area contributed by atoms with Crippen molar-refractivity contribution in [1.82, 2.24) is 9.88 Å². The van der Waals surface area contributed by atoms with Crippen LogP contribution < -0.4 is 5.73 Å². The number of nitrogens with two attached hydrogens (primary N) is 1. The minimum absolute atomic E-state index is 0.658. The van der Waals surface area contributed by atoms with Gasteiger partial charge in [-0.1, -0.05) is 0 Å². The van der Waals surface area contributed by atoms with E-state index in [0.717, 1.165) is 12.8 Å². The van der Waals surface area contributed by atoms with Crippen LogP contribution in [0.25, 0.3) is 0 Å². The zero-order valence-electron chi connectivity index (χ0n) is 10.9. The Hall–Kier alpha value is -0.450. The Bertz CT molecular complexity index is 348. The molecule has 1 saturated heterocycles. The lowest BCUT2D eigenvalue weighted by Gasteiger charge is -2.27. The van der Waals surface area contributed by atoms with E-state index in [1.807, 2.05) is 0 Å². The molecule has 1 atom stereocenters. The number of aromatic nitrogens is 1. The molecular weight excluding hydrogens is 230 g/mol. The highest BCUT2D eigenvalue weighted by atomic mass is 32.1. The average Bonchev–Trinajstić information content (AvgIpc) is 2.89. The first-order valence-electron chi connectivity index (χ1n) is 6.59. The van der Waals surface area contributed by atoms with Crippen molar-refractivity contribution in [3.63, 3.8) is 0 Å². The molecule has 17 heavy (non-hydrogen) atoms. The zero-order valence-corrected chi connectivity index (χ0v) is 11.7. The van der Waals surface area contributed by atoms with Gasteiger partial charge in [-0.2, -0.15) is 0 Å². The number of rotatable bonds is 5. The minimum atomic E-state index is 0.658. The molecule has 0 amide bonds. The molecule has 1 aliphatic heterocycles. The van der Waals surface area contributed by atoms with Crippen LogP contribution in [0, 0.1) is 0 Å². The summed E-state index contributed by atoms with van der Waals surface area (Å²) in [6.07, 6.45) is 4.69. The molecule has 1 aliphatic rings. The van der Waals surface area contributed by atoms with Crippen molar-refractivity contribution in [3.05, 3.63) is 16.1 Å². The predicted molar refractivity (Wildman–Crippen MR) is 73.4 cm³/mol. The summed E-state index contributed by atoms with van der Waals surface area (Å²) in [5.74, 6) is 0. The highest BCUT2D eigenvalue weighted by Crippen LogP contribution is 2.24. The Labute approximate surface area is 108 Å². The quantitative estimate of drug-likeness (QED) is 0.873. The van der Waals surface area contributed by atoms with Crippen LogP contribution in [-0.4, -0.2) is 35.1 Å². The van der Waals surface area contributed by atoms with Gasteiger partial charge in [0.2, 0.25) is 0 Å². The second kappa shape index (κ2) is 5.94. The van der Waals surface area contributed by atoms with Crippen LogP contribution in [-0.2, 0) is 12.8 Å². The second-order valence-corrected chi connectivity index (χ2v) is 6.05. The maximum Gasteiger partial charge on any atom is 0.0943 e. The third-order valence-corrected chi connectivity index (χ3v) is 4.42. The summed E-state index contributed by atoms with van der Waals surface area (Å²) in [5.41, 5.74) is 6.72. The summed E-state index contributed by atoms with van der Waals surface area (Å²) in [6, 6.07) is 1.36. The van der Waals surface area contributed by atoms with Gasteiger partial charge in [0.25, 0.3) is 0 Å². The van der Waals surface area contributed by atoms with Crippen molar-refractivity contribution in [2.45, 2.75) is 51.6 Å². The van der Waals surface area contributed by atoms with Crippen LogP contribution in [0.15, 0.2) is 5.38 Å².